The van der Waals surface area contributed by atoms with E-state index in [2.05, 4.69) is 11.6 Å². The molecule has 5 nitrogen and oxygen atoms in total. The highest BCUT2D eigenvalue weighted by Gasteiger charge is 2.18. The van der Waals surface area contributed by atoms with Gasteiger partial charge in [0.1, 0.15) is 6.61 Å². The number of thiazole rings is 1. The van der Waals surface area contributed by atoms with E-state index >= 15 is 0 Å². The number of Topliss-reactive ketones (excluding diaryl/α,β-unsaturated/α-hetero) is 1. The van der Waals surface area contributed by atoms with Crippen LogP contribution in [0.1, 0.15) is 26.3 Å². The van der Waals surface area contributed by atoms with Gasteiger partial charge in [0.2, 0.25) is 0 Å². The number of carbonyl (C=O) groups is 1. The first-order valence-corrected chi connectivity index (χ1v) is 8.95. The largest absolute Gasteiger partial charge is 0.493 e. The molecule has 26 heavy (non-hydrogen) atoms. The smallest absolute Gasteiger partial charge is 0.266 e. The second-order valence-electron chi connectivity index (χ2n) is 6.70. The minimum absolute atomic E-state index is 0.0352. The van der Waals surface area contributed by atoms with E-state index in [0.717, 1.165) is 5.56 Å². The SMILES string of the molecule is C=CCOc1ccc(C=c2sc(=CC(=O)C(C)(C)C)[nH]c2=O)cc1OC. The number of methoxy groups -OCH3 is 1. The molecule has 0 aliphatic heterocycles. The molecular weight excluding hydrogens is 350 g/mol. The molecule has 0 radical (unpaired) electrons. The molecule has 138 valence electrons. The molecule has 1 aromatic carbocycles. The minimum atomic E-state index is -0.487. The highest BCUT2D eigenvalue weighted by molar-refractivity contribution is 7.07. The summed E-state index contributed by atoms with van der Waals surface area (Å²) in [6.45, 7) is 9.52. The van der Waals surface area contributed by atoms with Crippen molar-refractivity contribution in [2.24, 2.45) is 5.41 Å². The van der Waals surface area contributed by atoms with E-state index in [1.807, 2.05) is 26.8 Å². The summed E-state index contributed by atoms with van der Waals surface area (Å²) >= 11 is 1.24. The van der Waals surface area contributed by atoms with Crippen LogP contribution in [0.4, 0.5) is 0 Å². The summed E-state index contributed by atoms with van der Waals surface area (Å²) in [7, 11) is 1.56. The van der Waals surface area contributed by atoms with Crippen LogP contribution in [0.5, 0.6) is 11.5 Å². The van der Waals surface area contributed by atoms with Gasteiger partial charge in [-0.15, -0.1) is 11.3 Å². The maximum Gasteiger partial charge on any atom is 0.266 e. The Balaban J connectivity index is 2.42. The molecule has 6 heteroatoms. The zero-order valence-electron chi connectivity index (χ0n) is 15.4. The van der Waals surface area contributed by atoms with Crippen molar-refractivity contribution >= 4 is 29.3 Å². The summed E-state index contributed by atoms with van der Waals surface area (Å²) in [4.78, 5) is 27.0. The van der Waals surface area contributed by atoms with Crippen LogP contribution in [0.15, 0.2) is 35.6 Å². The van der Waals surface area contributed by atoms with Crippen molar-refractivity contribution in [1.29, 1.82) is 0 Å². The van der Waals surface area contributed by atoms with E-state index in [0.29, 0.717) is 27.3 Å². The summed E-state index contributed by atoms with van der Waals surface area (Å²) in [6.07, 6.45) is 4.89. The van der Waals surface area contributed by atoms with Crippen molar-refractivity contribution in [2.75, 3.05) is 13.7 Å². The van der Waals surface area contributed by atoms with Crippen LogP contribution in [0.3, 0.4) is 0 Å². The molecule has 0 unspecified atom stereocenters. The van der Waals surface area contributed by atoms with E-state index in [4.69, 9.17) is 9.47 Å². The van der Waals surface area contributed by atoms with E-state index in [1.54, 1.807) is 31.4 Å². The van der Waals surface area contributed by atoms with Gasteiger partial charge in [-0.05, 0) is 23.8 Å². The Bertz CT molecular complexity index is 976. The molecule has 0 saturated carbocycles. The molecule has 1 aromatic heterocycles. The van der Waals surface area contributed by atoms with E-state index in [9.17, 15) is 9.59 Å². The number of ketones is 1. The highest BCUT2D eigenvalue weighted by atomic mass is 32.1. The average Bonchev–Trinajstić information content (AvgIpc) is 2.91. The lowest BCUT2D eigenvalue weighted by Gasteiger charge is -2.12. The van der Waals surface area contributed by atoms with Gasteiger partial charge in [-0.3, -0.25) is 9.59 Å². The van der Waals surface area contributed by atoms with Gasteiger partial charge < -0.3 is 14.5 Å². The number of benzene rings is 1. The summed E-state index contributed by atoms with van der Waals surface area (Å²) in [5.74, 6) is 1.14. The van der Waals surface area contributed by atoms with Crippen LogP contribution < -0.4 is 24.2 Å². The fourth-order valence-corrected chi connectivity index (χ4v) is 2.94. The summed E-state index contributed by atoms with van der Waals surface area (Å²) in [5.41, 5.74) is 0.0853. The van der Waals surface area contributed by atoms with E-state index in [1.165, 1.54) is 17.4 Å². The number of aromatic nitrogens is 1. The Hall–Kier alpha value is -2.60. The molecule has 0 atom stereocenters. The van der Waals surface area contributed by atoms with Crippen molar-refractivity contribution < 1.29 is 14.3 Å². The van der Waals surface area contributed by atoms with Crippen LogP contribution in [0.2, 0.25) is 0 Å². The first-order chi connectivity index (χ1) is 12.2. The quantitative estimate of drug-likeness (QED) is 0.789. The Labute approximate surface area is 156 Å². The number of ether oxygens (including phenoxy) is 2. The molecule has 0 amide bonds. The average molecular weight is 373 g/mol. The van der Waals surface area contributed by atoms with Gasteiger partial charge in [0.05, 0.1) is 16.3 Å². The van der Waals surface area contributed by atoms with Crippen molar-refractivity contribution in [3.63, 3.8) is 0 Å². The fraction of sp³-hybridized carbons (Fsp3) is 0.300. The van der Waals surface area contributed by atoms with Crippen LogP contribution in [-0.2, 0) is 4.79 Å². The summed E-state index contributed by atoms with van der Waals surface area (Å²) in [6, 6.07) is 5.41. The van der Waals surface area contributed by atoms with Gasteiger partial charge in [0, 0.05) is 11.5 Å². The molecule has 2 aromatic rings. The van der Waals surface area contributed by atoms with Crippen molar-refractivity contribution in [3.8, 4) is 11.5 Å². The second kappa shape index (κ2) is 8.19. The van der Waals surface area contributed by atoms with Crippen LogP contribution >= 0.6 is 11.3 Å². The summed E-state index contributed by atoms with van der Waals surface area (Å²) < 4.78 is 11.9. The Kier molecular flexibility index (Phi) is 6.21. The Morgan fingerprint density at radius 1 is 1.31 bits per heavy atom. The molecule has 0 spiro atoms. The molecule has 0 aliphatic rings. The normalized spacial score (nSPS) is 12.9. The maximum atomic E-state index is 12.2. The van der Waals surface area contributed by atoms with Crippen molar-refractivity contribution in [2.45, 2.75) is 20.8 Å². The molecule has 0 saturated heterocycles. The first kappa shape index (κ1) is 19.7. The minimum Gasteiger partial charge on any atom is -0.493 e. The number of hydrogen-bond acceptors (Lipinski definition) is 5. The molecule has 2 rings (SSSR count). The third-order valence-corrected chi connectivity index (χ3v) is 4.49. The van der Waals surface area contributed by atoms with E-state index in [-0.39, 0.29) is 11.3 Å². The summed E-state index contributed by atoms with van der Waals surface area (Å²) in [5, 5.41) is 0. The number of carbonyl (C=O) groups excluding carboxylic acids is 1. The molecule has 1 heterocycles. The second-order valence-corrected chi connectivity index (χ2v) is 7.78. The molecular formula is C20H23NO4S. The molecule has 0 bridgehead atoms. The predicted molar refractivity (Wildman–Crippen MR) is 105 cm³/mol. The monoisotopic (exact) mass is 373 g/mol. The van der Waals surface area contributed by atoms with Crippen LogP contribution in [-0.4, -0.2) is 24.5 Å². The van der Waals surface area contributed by atoms with Crippen molar-refractivity contribution in [3.05, 3.63) is 56.0 Å². The van der Waals surface area contributed by atoms with Crippen LogP contribution in [0.25, 0.3) is 12.2 Å². The zero-order valence-corrected chi connectivity index (χ0v) is 16.2. The maximum absolute atomic E-state index is 12.2. The van der Waals surface area contributed by atoms with Gasteiger partial charge in [-0.25, -0.2) is 0 Å². The van der Waals surface area contributed by atoms with Gasteiger partial charge >= 0.3 is 0 Å². The lowest BCUT2D eigenvalue weighted by atomic mass is 9.91. The molecule has 0 aliphatic carbocycles. The van der Waals surface area contributed by atoms with Gasteiger partial charge in [-0.1, -0.05) is 39.5 Å². The predicted octanol–water partition coefficient (Wildman–Crippen LogP) is 2.23. The highest BCUT2D eigenvalue weighted by Crippen LogP contribution is 2.28. The zero-order chi connectivity index (χ0) is 19.3. The topological polar surface area (TPSA) is 68.4 Å². The number of nitrogens with one attached hydrogen (secondary N) is 1. The lowest BCUT2D eigenvalue weighted by Crippen LogP contribution is -2.22. The van der Waals surface area contributed by atoms with Crippen LogP contribution in [0, 0.1) is 5.41 Å². The number of H-pyrrole nitrogens is 1. The Morgan fingerprint density at radius 3 is 2.65 bits per heavy atom. The number of hydrogen-bond donors (Lipinski definition) is 1. The fourth-order valence-electron chi connectivity index (χ4n) is 2.05. The molecule has 0 fully saturated rings. The van der Waals surface area contributed by atoms with E-state index < -0.39 is 5.41 Å². The number of rotatable bonds is 6. The van der Waals surface area contributed by atoms with Crippen molar-refractivity contribution in [1.82, 2.24) is 4.98 Å². The first-order valence-electron chi connectivity index (χ1n) is 8.13. The lowest BCUT2D eigenvalue weighted by molar-refractivity contribution is -0.119. The third-order valence-electron chi connectivity index (χ3n) is 3.52. The Morgan fingerprint density at radius 2 is 2.04 bits per heavy atom. The number of aromatic amines is 1. The third kappa shape index (κ3) is 4.95. The standard InChI is InChI=1S/C20H23NO4S/c1-6-9-25-14-8-7-13(10-15(14)24-5)11-16-19(23)21-18(26-16)12-17(22)20(2,3)4/h6-8,10-12H,1,9H2,2-5H3,(H,21,23). The molecule has 1 N–H and O–H groups in total. The van der Waals surface area contributed by atoms with Gasteiger partial charge in [0.15, 0.2) is 17.3 Å². The van der Waals surface area contributed by atoms with Gasteiger partial charge in [-0.2, -0.15) is 0 Å². The van der Waals surface area contributed by atoms with Gasteiger partial charge in [0.25, 0.3) is 5.56 Å².